The molecule has 0 aliphatic carbocycles. The second-order valence-corrected chi connectivity index (χ2v) is 4.04. The van der Waals surface area contributed by atoms with Gasteiger partial charge in [0.05, 0.1) is 23.6 Å². The van der Waals surface area contributed by atoms with Crippen molar-refractivity contribution in [2.45, 2.75) is 6.92 Å². The molecule has 0 radical (unpaired) electrons. The lowest BCUT2D eigenvalue weighted by molar-refractivity contribution is 0.0696. The molecule has 0 unspecified atom stereocenters. The summed E-state index contributed by atoms with van der Waals surface area (Å²) in [6, 6.07) is 4.10. The largest absolute Gasteiger partial charge is 0.478 e. The van der Waals surface area contributed by atoms with E-state index in [4.69, 9.17) is 5.11 Å². The Morgan fingerprint density at radius 2 is 1.75 bits per heavy atom. The first-order chi connectivity index (χ1) is 9.56. The number of amides is 2. The molecule has 2 rings (SSSR count). The number of nitrogens with zero attached hydrogens (tertiary/aromatic N) is 2. The highest BCUT2D eigenvalue weighted by atomic mass is 16.4. The second kappa shape index (κ2) is 5.79. The van der Waals surface area contributed by atoms with Gasteiger partial charge in [-0.2, -0.15) is 0 Å². The first kappa shape index (κ1) is 13.5. The summed E-state index contributed by atoms with van der Waals surface area (Å²) in [5.41, 5.74) is 1.73. The molecule has 0 saturated heterocycles. The molecule has 0 saturated carbocycles. The van der Waals surface area contributed by atoms with Gasteiger partial charge in [-0.1, -0.05) is 0 Å². The summed E-state index contributed by atoms with van der Waals surface area (Å²) in [6.07, 6.45) is 4.29. The Balaban J connectivity index is 2.05. The smallest absolute Gasteiger partial charge is 0.335 e. The third-order valence-corrected chi connectivity index (χ3v) is 2.53. The number of carbonyl (C=O) groups excluding carboxylic acids is 1. The van der Waals surface area contributed by atoms with Gasteiger partial charge in [0.1, 0.15) is 6.33 Å². The van der Waals surface area contributed by atoms with Crippen LogP contribution in [0.3, 0.4) is 0 Å². The number of nitrogens with one attached hydrogen (secondary N) is 2. The molecule has 20 heavy (non-hydrogen) atoms. The molecule has 1 aromatic heterocycles. The number of hydrogen-bond donors (Lipinski definition) is 3. The van der Waals surface area contributed by atoms with Gasteiger partial charge >= 0.3 is 12.0 Å². The van der Waals surface area contributed by atoms with E-state index in [1.165, 1.54) is 30.9 Å². The predicted octanol–water partition coefficient (Wildman–Crippen LogP) is 2.13. The van der Waals surface area contributed by atoms with Crippen molar-refractivity contribution in [2.75, 3.05) is 10.6 Å². The SMILES string of the molecule is Cc1cc(NC(=O)Nc2cncnc2)ccc1C(=O)O. The molecule has 0 aliphatic heterocycles. The van der Waals surface area contributed by atoms with Crippen LogP contribution in [0.25, 0.3) is 0 Å². The average Bonchev–Trinajstić information content (AvgIpc) is 2.39. The van der Waals surface area contributed by atoms with E-state index in [0.29, 0.717) is 16.9 Å². The van der Waals surface area contributed by atoms with Crippen LogP contribution in [0.1, 0.15) is 15.9 Å². The minimum Gasteiger partial charge on any atom is -0.478 e. The summed E-state index contributed by atoms with van der Waals surface area (Å²) in [4.78, 5) is 30.1. The Bertz CT molecular complexity index is 643. The van der Waals surface area contributed by atoms with Gasteiger partial charge in [0, 0.05) is 5.69 Å². The zero-order valence-electron chi connectivity index (χ0n) is 10.6. The monoisotopic (exact) mass is 272 g/mol. The molecule has 2 amide bonds. The third-order valence-electron chi connectivity index (χ3n) is 2.53. The maximum atomic E-state index is 11.7. The Morgan fingerprint density at radius 3 is 2.35 bits per heavy atom. The van der Waals surface area contributed by atoms with E-state index in [2.05, 4.69) is 20.6 Å². The van der Waals surface area contributed by atoms with Crippen molar-refractivity contribution < 1.29 is 14.7 Å². The molecule has 1 heterocycles. The number of carbonyl (C=O) groups is 2. The maximum absolute atomic E-state index is 11.7. The van der Waals surface area contributed by atoms with E-state index in [1.54, 1.807) is 13.0 Å². The van der Waals surface area contributed by atoms with Gasteiger partial charge in [-0.15, -0.1) is 0 Å². The molecule has 102 valence electrons. The van der Waals surface area contributed by atoms with Crippen molar-refractivity contribution in [2.24, 2.45) is 0 Å². The van der Waals surface area contributed by atoms with Crippen LogP contribution in [0, 0.1) is 6.92 Å². The predicted molar refractivity (Wildman–Crippen MR) is 72.8 cm³/mol. The fourth-order valence-corrected chi connectivity index (χ4v) is 1.64. The Morgan fingerprint density at radius 1 is 1.10 bits per heavy atom. The lowest BCUT2D eigenvalue weighted by Crippen LogP contribution is -2.19. The number of hydrogen-bond acceptors (Lipinski definition) is 4. The number of aromatic carboxylic acids is 1. The minimum absolute atomic E-state index is 0.201. The summed E-state index contributed by atoms with van der Waals surface area (Å²) in [5.74, 6) is -1.00. The quantitative estimate of drug-likeness (QED) is 0.793. The molecule has 7 heteroatoms. The minimum atomic E-state index is -1.00. The molecule has 3 N–H and O–H groups in total. The van der Waals surface area contributed by atoms with Gasteiger partial charge in [0.2, 0.25) is 0 Å². The number of aryl methyl sites for hydroxylation is 1. The number of anilines is 2. The molecule has 0 atom stereocenters. The van der Waals surface area contributed by atoms with E-state index in [0.717, 1.165) is 0 Å². The summed E-state index contributed by atoms with van der Waals surface area (Å²) in [6.45, 7) is 1.66. The highest BCUT2D eigenvalue weighted by Crippen LogP contribution is 2.15. The van der Waals surface area contributed by atoms with Gasteiger partial charge in [-0.25, -0.2) is 19.6 Å². The Kier molecular flexibility index (Phi) is 3.90. The standard InChI is InChI=1S/C13H12N4O3/c1-8-4-9(2-3-11(8)12(18)19)16-13(20)17-10-5-14-7-15-6-10/h2-7H,1H3,(H,18,19)(H2,16,17,20). The van der Waals surface area contributed by atoms with Crippen molar-refractivity contribution in [3.63, 3.8) is 0 Å². The lowest BCUT2D eigenvalue weighted by atomic mass is 10.1. The highest BCUT2D eigenvalue weighted by molar-refractivity contribution is 6.00. The molecule has 1 aromatic carbocycles. The molecule has 0 spiro atoms. The Labute approximate surface area is 114 Å². The van der Waals surface area contributed by atoms with Crippen LogP contribution in [0.15, 0.2) is 36.9 Å². The van der Waals surface area contributed by atoms with E-state index in [-0.39, 0.29) is 5.56 Å². The highest BCUT2D eigenvalue weighted by Gasteiger charge is 2.08. The number of carboxylic acid groups (broad SMARTS) is 1. The van der Waals surface area contributed by atoms with Crippen LogP contribution in [0.4, 0.5) is 16.2 Å². The summed E-state index contributed by atoms with van der Waals surface area (Å²) >= 11 is 0. The Hall–Kier alpha value is -2.96. The third kappa shape index (κ3) is 3.29. The molecule has 0 bridgehead atoms. The summed E-state index contributed by atoms with van der Waals surface area (Å²) in [5, 5.41) is 14.1. The first-order valence-corrected chi connectivity index (χ1v) is 5.73. The molecule has 0 fully saturated rings. The summed E-state index contributed by atoms with van der Waals surface area (Å²) < 4.78 is 0. The van der Waals surface area contributed by atoms with Crippen LogP contribution in [-0.4, -0.2) is 27.1 Å². The van der Waals surface area contributed by atoms with E-state index < -0.39 is 12.0 Å². The molecule has 2 aromatic rings. The van der Waals surface area contributed by atoms with E-state index >= 15 is 0 Å². The van der Waals surface area contributed by atoms with Crippen LogP contribution in [0.2, 0.25) is 0 Å². The first-order valence-electron chi connectivity index (χ1n) is 5.73. The van der Waals surface area contributed by atoms with Crippen LogP contribution in [-0.2, 0) is 0 Å². The number of aromatic nitrogens is 2. The van der Waals surface area contributed by atoms with Crippen molar-refractivity contribution in [3.8, 4) is 0 Å². The van der Waals surface area contributed by atoms with Crippen molar-refractivity contribution in [1.82, 2.24) is 9.97 Å². The van der Waals surface area contributed by atoms with E-state index in [1.807, 2.05) is 0 Å². The van der Waals surface area contributed by atoms with Crippen molar-refractivity contribution in [3.05, 3.63) is 48.0 Å². The zero-order chi connectivity index (χ0) is 14.5. The van der Waals surface area contributed by atoms with Gasteiger partial charge in [0.25, 0.3) is 0 Å². The molecular weight excluding hydrogens is 260 g/mol. The topological polar surface area (TPSA) is 104 Å². The van der Waals surface area contributed by atoms with Gasteiger partial charge in [-0.3, -0.25) is 0 Å². The fraction of sp³-hybridized carbons (Fsp3) is 0.0769. The molecule has 0 aliphatic rings. The van der Waals surface area contributed by atoms with Crippen LogP contribution >= 0.6 is 0 Å². The van der Waals surface area contributed by atoms with Gasteiger partial charge in [-0.05, 0) is 30.7 Å². The molecule has 7 nitrogen and oxygen atoms in total. The van der Waals surface area contributed by atoms with Gasteiger partial charge < -0.3 is 15.7 Å². The number of carboxylic acids is 1. The number of benzene rings is 1. The number of urea groups is 1. The summed E-state index contributed by atoms with van der Waals surface area (Å²) in [7, 11) is 0. The van der Waals surface area contributed by atoms with Crippen LogP contribution < -0.4 is 10.6 Å². The zero-order valence-corrected chi connectivity index (χ0v) is 10.6. The normalized spacial score (nSPS) is 9.85. The fourth-order valence-electron chi connectivity index (χ4n) is 1.64. The van der Waals surface area contributed by atoms with Crippen molar-refractivity contribution in [1.29, 1.82) is 0 Å². The number of rotatable bonds is 3. The average molecular weight is 272 g/mol. The van der Waals surface area contributed by atoms with Crippen LogP contribution in [0.5, 0.6) is 0 Å². The lowest BCUT2D eigenvalue weighted by Gasteiger charge is -2.08. The second-order valence-electron chi connectivity index (χ2n) is 4.04. The maximum Gasteiger partial charge on any atom is 0.335 e. The van der Waals surface area contributed by atoms with E-state index in [9.17, 15) is 9.59 Å². The van der Waals surface area contributed by atoms with Crippen molar-refractivity contribution >= 4 is 23.4 Å². The van der Waals surface area contributed by atoms with Gasteiger partial charge in [0.15, 0.2) is 0 Å². The molecular formula is C13H12N4O3.